The summed E-state index contributed by atoms with van der Waals surface area (Å²) in [7, 11) is 1.69. The van der Waals surface area contributed by atoms with Crippen molar-refractivity contribution in [3.63, 3.8) is 0 Å². The molecule has 2 N–H and O–H groups in total. The average molecular weight is 403 g/mol. The van der Waals surface area contributed by atoms with E-state index < -0.39 is 0 Å². The van der Waals surface area contributed by atoms with Gasteiger partial charge in [-0.1, -0.05) is 25.0 Å². The fourth-order valence-electron chi connectivity index (χ4n) is 2.55. The Kier molecular flexibility index (Phi) is 7.85. The molecule has 1 aliphatic heterocycles. The first kappa shape index (κ1) is 18.1. The number of nitrogens with zero attached hydrogens (tertiary/aromatic N) is 2. The lowest BCUT2D eigenvalue weighted by Gasteiger charge is -2.21. The Balaban J connectivity index is 0.00000220. The molecule has 1 fully saturated rings. The van der Waals surface area contributed by atoms with Crippen molar-refractivity contribution in [3.05, 3.63) is 29.3 Å². The van der Waals surface area contributed by atoms with Crippen LogP contribution in [0.3, 0.4) is 0 Å². The maximum atomic E-state index is 6.12. The van der Waals surface area contributed by atoms with Crippen molar-refractivity contribution in [2.45, 2.75) is 39.2 Å². The normalized spacial score (nSPS) is 16.1. The molecule has 0 spiro atoms. The van der Waals surface area contributed by atoms with E-state index in [0.29, 0.717) is 12.5 Å². The summed E-state index contributed by atoms with van der Waals surface area (Å²) in [5.41, 5.74) is 8.39. The van der Waals surface area contributed by atoms with Crippen molar-refractivity contribution < 1.29 is 4.74 Å². The van der Waals surface area contributed by atoms with E-state index in [0.717, 1.165) is 24.4 Å². The minimum atomic E-state index is 0. The third-order valence-corrected chi connectivity index (χ3v) is 3.78. The predicted octanol–water partition coefficient (Wildman–Crippen LogP) is 3.31. The Morgan fingerprint density at radius 3 is 2.52 bits per heavy atom. The lowest BCUT2D eigenvalue weighted by molar-refractivity contribution is 0.408. The third kappa shape index (κ3) is 5.37. The molecule has 21 heavy (non-hydrogen) atoms. The van der Waals surface area contributed by atoms with Crippen LogP contribution in [0.5, 0.6) is 5.75 Å². The summed E-state index contributed by atoms with van der Waals surface area (Å²) in [6.45, 7) is 4.69. The van der Waals surface area contributed by atoms with Crippen molar-refractivity contribution >= 4 is 29.9 Å². The summed E-state index contributed by atoms with van der Waals surface area (Å²) in [5.74, 6) is 1.55. The number of rotatable bonds is 3. The molecule has 0 atom stereocenters. The molecular formula is C16H26IN3O. The van der Waals surface area contributed by atoms with E-state index in [9.17, 15) is 0 Å². The van der Waals surface area contributed by atoms with E-state index in [-0.39, 0.29) is 24.0 Å². The van der Waals surface area contributed by atoms with Crippen LogP contribution in [0.1, 0.15) is 36.8 Å². The minimum Gasteiger partial charge on any atom is -0.496 e. The molecule has 2 rings (SSSR count). The summed E-state index contributed by atoms with van der Waals surface area (Å²) in [5, 5.41) is 0. The highest BCUT2D eigenvalue weighted by Gasteiger charge is 2.11. The fourth-order valence-corrected chi connectivity index (χ4v) is 2.55. The number of hydrogen-bond acceptors (Lipinski definition) is 2. The zero-order valence-electron chi connectivity index (χ0n) is 13.0. The summed E-state index contributed by atoms with van der Waals surface area (Å²) in [6.07, 6.45) is 5.03. The minimum absolute atomic E-state index is 0. The Hall–Kier alpha value is -0.980. The van der Waals surface area contributed by atoms with Gasteiger partial charge >= 0.3 is 0 Å². The van der Waals surface area contributed by atoms with Crippen molar-refractivity contribution in [3.8, 4) is 5.75 Å². The van der Waals surface area contributed by atoms with E-state index in [1.54, 1.807) is 7.11 Å². The molecule has 0 saturated carbocycles. The van der Waals surface area contributed by atoms with Crippen molar-refractivity contribution in [2.75, 3.05) is 20.2 Å². The monoisotopic (exact) mass is 403 g/mol. The molecule has 0 aliphatic carbocycles. The number of benzene rings is 1. The molecule has 0 unspecified atom stereocenters. The number of nitrogens with two attached hydrogens (primary N) is 1. The molecule has 1 heterocycles. The summed E-state index contributed by atoms with van der Waals surface area (Å²) < 4.78 is 5.40. The smallest absolute Gasteiger partial charge is 0.191 e. The molecule has 1 aliphatic rings. The van der Waals surface area contributed by atoms with Crippen molar-refractivity contribution in [1.29, 1.82) is 0 Å². The number of aliphatic imine (C=N–C) groups is 1. The second-order valence-corrected chi connectivity index (χ2v) is 5.39. The van der Waals surface area contributed by atoms with Gasteiger partial charge in [-0.3, -0.25) is 0 Å². The number of guanidine groups is 1. The van der Waals surface area contributed by atoms with E-state index in [1.165, 1.54) is 31.2 Å². The van der Waals surface area contributed by atoms with Crippen molar-refractivity contribution in [1.82, 2.24) is 4.90 Å². The standard InChI is InChI=1S/C16H25N3O.HI/c1-13-7-8-14(15(11-13)20-2)12-18-16(17)19-9-5-3-4-6-10-19;/h7-8,11H,3-6,9-10,12H2,1-2H3,(H2,17,18);1H. The Labute approximate surface area is 144 Å². The molecule has 0 radical (unpaired) electrons. The highest BCUT2D eigenvalue weighted by atomic mass is 127. The number of methoxy groups -OCH3 is 1. The van der Waals surface area contributed by atoms with Gasteiger partial charge in [0.15, 0.2) is 5.96 Å². The molecule has 0 amide bonds. The van der Waals surface area contributed by atoms with Gasteiger partial charge in [0, 0.05) is 18.7 Å². The molecule has 5 heteroatoms. The number of likely N-dealkylation sites (tertiary alicyclic amines) is 1. The van der Waals surface area contributed by atoms with Crippen LogP contribution in [-0.2, 0) is 6.54 Å². The highest BCUT2D eigenvalue weighted by molar-refractivity contribution is 14.0. The quantitative estimate of drug-likeness (QED) is 0.479. The fraction of sp³-hybridized carbons (Fsp3) is 0.562. The van der Waals surface area contributed by atoms with Crippen LogP contribution in [0.25, 0.3) is 0 Å². The van der Waals surface area contributed by atoms with Gasteiger partial charge in [-0.25, -0.2) is 4.99 Å². The van der Waals surface area contributed by atoms with Gasteiger partial charge in [-0.05, 0) is 31.4 Å². The molecule has 0 aromatic heterocycles. The van der Waals surface area contributed by atoms with Crippen LogP contribution in [0.4, 0.5) is 0 Å². The zero-order valence-corrected chi connectivity index (χ0v) is 15.3. The first-order valence-corrected chi connectivity index (χ1v) is 7.39. The van der Waals surface area contributed by atoms with Gasteiger partial charge in [0.1, 0.15) is 5.75 Å². The average Bonchev–Trinajstić information content (AvgIpc) is 2.74. The zero-order chi connectivity index (χ0) is 14.4. The number of hydrogen-bond donors (Lipinski definition) is 1. The van der Waals surface area contributed by atoms with E-state index in [4.69, 9.17) is 10.5 Å². The van der Waals surface area contributed by atoms with Gasteiger partial charge in [0.05, 0.1) is 13.7 Å². The second kappa shape index (κ2) is 9.12. The lowest BCUT2D eigenvalue weighted by Crippen LogP contribution is -2.38. The maximum absolute atomic E-state index is 6.12. The third-order valence-electron chi connectivity index (χ3n) is 3.78. The van der Waals surface area contributed by atoms with Crippen LogP contribution in [-0.4, -0.2) is 31.1 Å². The lowest BCUT2D eigenvalue weighted by atomic mass is 10.1. The Morgan fingerprint density at radius 1 is 1.24 bits per heavy atom. The summed E-state index contributed by atoms with van der Waals surface area (Å²) in [4.78, 5) is 6.74. The SMILES string of the molecule is COc1cc(C)ccc1CN=C(N)N1CCCCCC1.I. The Morgan fingerprint density at radius 2 is 1.90 bits per heavy atom. The van der Waals surface area contributed by atoms with Gasteiger partial charge < -0.3 is 15.4 Å². The number of halogens is 1. The number of ether oxygens (including phenoxy) is 1. The summed E-state index contributed by atoms with van der Waals surface area (Å²) >= 11 is 0. The van der Waals surface area contributed by atoms with Gasteiger partial charge in [-0.2, -0.15) is 0 Å². The summed E-state index contributed by atoms with van der Waals surface area (Å²) in [6, 6.07) is 6.18. The second-order valence-electron chi connectivity index (χ2n) is 5.39. The van der Waals surface area contributed by atoms with Crippen LogP contribution >= 0.6 is 24.0 Å². The molecule has 4 nitrogen and oxygen atoms in total. The van der Waals surface area contributed by atoms with Gasteiger partial charge in [0.2, 0.25) is 0 Å². The van der Waals surface area contributed by atoms with Crippen LogP contribution in [0, 0.1) is 6.92 Å². The predicted molar refractivity (Wildman–Crippen MR) is 98.5 cm³/mol. The highest BCUT2D eigenvalue weighted by Crippen LogP contribution is 2.20. The van der Waals surface area contributed by atoms with Crippen LogP contribution < -0.4 is 10.5 Å². The largest absolute Gasteiger partial charge is 0.496 e. The molecule has 0 bridgehead atoms. The van der Waals surface area contributed by atoms with Gasteiger partial charge in [-0.15, -0.1) is 24.0 Å². The molecule has 118 valence electrons. The molecule has 1 saturated heterocycles. The first-order valence-electron chi connectivity index (χ1n) is 7.39. The van der Waals surface area contributed by atoms with E-state index in [2.05, 4.69) is 28.9 Å². The maximum Gasteiger partial charge on any atom is 0.191 e. The van der Waals surface area contributed by atoms with Crippen molar-refractivity contribution in [2.24, 2.45) is 10.7 Å². The van der Waals surface area contributed by atoms with Crippen LogP contribution in [0.2, 0.25) is 0 Å². The van der Waals surface area contributed by atoms with Crippen LogP contribution in [0.15, 0.2) is 23.2 Å². The molecule has 1 aromatic carbocycles. The van der Waals surface area contributed by atoms with E-state index >= 15 is 0 Å². The molecular weight excluding hydrogens is 377 g/mol. The first-order chi connectivity index (χ1) is 9.70. The molecule has 1 aromatic rings. The van der Waals surface area contributed by atoms with E-state index in [1.807, 2.05) is 6.07 Å². The topological polar surface area (TPSA) is 50.9 Å². The Bertz CT molecular complexity index is 469. The number of aryl methyl sites for hydroxylation is 1. The van der Waals surface area contributed by atoms with Gasteiger partial charge in [0.25, 0.3) is 0 Å².